The molecule has 24 heavy (non-hydrogen) atoms. The summed E-state index contributed by atoms with van der Waals surface area (Å²) in [6.07, 6.45) is 5.55. The molecule has 1 heterocycles. The maximum Gasteiger partial charge on any atom is 0.293 e. The molecular formula is C18H24N2O3S. The topological polar surface area (TPSA) is 72.6 Å². The molecule has 0 saturated carbocycles. The van der Waals surface area contributed by atoms with Crippen LogP contribution in [0.5, 0.6) is 5.75 Å². The molecule has 0 aromatic heterocycles. The van der Waals surface area contributed by atoms with Gasteiger partial charge in [0.1, 0.15) is 5.75 Å². The number of amides is 2. The van der Waals surface area contributed by atoms with Gasteiger partial charge < -0.3 is 10.5 Å². The Labute approximate surface area is 147 Å². The van der Waals surface area contributed by atoms with E-state index in [9.17, 15) is 9.59 Å². The van der Waals surface area contributed by atoms with Crippen LogP contribution in [0.15, 0.2) is 35.2 Å². The quantitative estimate of drug-likeness (QED) is 0.547. The molecule has 1 saturated heterocycles. The van der Waals surface area contributed by atoms with Crippen LogP contribution in [0.2, 0.25) is 0 Å². The molecule has 2 N–H and O–H groups in total. The second kappa shape index (κ2) is 9.49. The molecule has 2 rings (SSSR count). The molecule has 1 fully saturated rings. The first-order valence-electron chi connectivity index (χ1n) is 8.31. The second-order valence-electron chi connectivity index (χ2n) is 5.57. The predicted molar refractivity (Wildman–Crippen MR) is 97.0 cm³/mol. The molecule has 1 aromatic carbocycles. The summed E-state index contributed by atoms with van der Waals surface area (Å²) in [4.78, 5) is 25.5. The van der Waals surface area contributed by atoms with Gasteiger partial charge in [0, 0.05) is 13.1 Å². The number of nitrogens with two attached hydrogens (primary N) is 1. The number of allylic oxidation sites excluding steroid dienone is 1. The fourth-order valence-corrected chi connectivity index (χ4v) is 3.19. The molecule has 0 bridgehead atoms. The summed E-state index contributed by atoms with van der Waals surface area (Å²) in [6, 6.07) is 8.02. The summed E-state index contributed by atoms with van der Waals surface area (Å²) in [5.74, 6) is 0.658. The molecule has 2 amide bonds. The highest BCUT2D eigenvalue weighted by atomic mass is 32.2. The van der Waals surface area contributed by atoms with Gasteiger partial charge in [-0.3, -0.25) is 14.5 Å². The summed E-state index contributed by atoms with van der Waals surface area (Å²) in [5.41, 5.74) is 6.60. The van der Waals surface area contributed by atoms with E-state index >= 15 is 0 Å². The summed E-state index contributed by atoms with van der Waals surface area (Å²) in [6.45, 7) is 3.45. The van der Waals surface area contributed by atoms with Crippen LogP contribution in [-0.4, -0.2) is 35.7 Å². The average molecular weight is 348 g/mol. The van der Waals surface area contributed by atoms with Crippen molar-refractivity contribution in [2.45, 2.75) is 32.6 Å². The van der Waals surface area contributed by atoms with Gasteiger partial charge in [0.2, 0.25) is 0 Å². The first-order chi connectivity index (χ1) is 11.7. The van der Waals surface area contributed by atoms with Gasteiger partial charge in [0.25, 0.3) is 11.1 Å². The van der Waals surface area contributed by atoms with Gasteiger partial charge in [0.05, 0.1) is 11.5 Å². The number of hydrogen-bond donors (Lipinski definition) is 1. The van der Waals surface area contributed by atoms with Crippen LogP contribution in [0, 0.1) is 0 Å². The van der Waals surface area contributed by atoms with E-state index in [4.69, 9.17) is 10.5 Å². The number of aryl methyl sites for hydroxylation is 1. The van der Waals surface area contributed by atoms with Crippen molar-refractivity contribution in [3.05, 3.63) is 40.8 Å². The first kappa shape index (κ1) is 18.5. The summed E-state index contributed by atoms with van der Waals surface area (Å²) in [5, 5.41) is -0.231. The lowest BCUT2D eigenvalue weighted by Gasteiger charge is -2.09. The van der Waals surface area contributed by atoms with Crippen LogP contribution in [0.3, 0.4) is 0 Å². The molecule has 1 aliphatic rings. The Morgan fingerprint density at radius 1 is 1.25 bits per heavy atom. The van der Waals surface area contributed by atoms with Gasteiger partial charge >= 0.3 is 0 Å². The first-order valence-corrected chi connectivity index (χ1v) is 9.13. The number of rotatable bonds is 9. The van der Waals surface area contributed by atoms with Gasteiger partial charge in [-0.05, 0) is 48.7 Å². The van der Waals surface area contributed by atoms with Crippen LogP contribution < -0.4 is 10.5 Å². The van der Waals surface area contributed by atoms with Gasteiger partial charge in [-0.2, -0.15) is 0 Å². The lowest BCUT2D eigenvalue weighted by atomic mass is 10.1. The number of unbranched alkanes of at least 4 members (excludes halogenated alkanes) is 1. The summed E-state index contributed by atoms with van der Waals surface area (Å²) < 4.78 is 5.63. The van der Waals surface area contributed by atoms with Crippen molar-refractivity contribution in [3.63, 3.8) is 0 Å². The van der Waals surface area contributed by atoms with Crippen molar-refractivity contribution >= 4 is 22.9 Å². The Kier molecular flexibility index (Phi) is 7.34. The highest BCUT2D eigenvalue weighted by Crippen LogP contribution is 2.30. The normalized spacial score (nSPS) is 16.2. The van der Waals surface area contributed by atoms with E-state index in [1.165, 1.54) is 10.5 Å². The molecule has 1 aromatic rings. The third-order valence-corrected chi connectivity index (χ3v) is 4.64. The van der Waals surface area contributed by atoms with Crippen molar-refractivity contribution in [2.24, 2.45) is 5.73 Å². The fourth-order valence-electron chi connectivity index (χ4n) is 2.32. The Balaban J connectivity index is 1.83. The van der Waals surface area contributed by atoms with E-state index in [-0.39, 0.29) is 24.2 Å². The average Bonchev–Trinajstić information content (AvgIpc) is 2.85. The van der Waals surface area contributed by atoms with Crippen LogP contribution in [0.25, 0.3) is 0 Å². The molecule has 0 atom stereocenters. The number of thioether (sulfide) groups is 1. The summed E-state index contributed by atoms with van der Waals surface area (Å²) in [7, 11) is 0. The van der Waals surface area contributed by atoms with Crippen molar-refractivity contribution in [1.82, 2.24) is 4.90 Å². The fraction of sp³-hybridized carbons (Fsp3) is 0.444. The molecule has 1 aliphatic heterocycles. The monoisotopic (exact) mass is 348 g/mol. The number of imide groups is 1. The van der Waals surface area contributed by atoms with Gasteiger partial charge in [0.15, 0.2) is 0 Å². The zero-order chi connectivity index (χ0) is 17.4. The van der Waals surface area contributed by atoms with Crippen molar-refractivity contribution in [3.8, 4) is 5.75 Å². The van der Waals surface area contributed by atoms with Crippen LogP contribution >= 0.6 is 11.8 Å². The lowest BCUT2D eigenvalue weighted by Crippen LogP contribution is -2.33. The third-order valence-electron chi connectivity index (χ3n) is 3.68. The molecule has 0 aliphatic carbocycles. The molecule has 0 radical (unpaired) electrons. The number of hydrogen-bond acceptors (Lipinski definition) is 5. The molecule has 130 valence electrons. The second-order valence-corrected chi connectivity index (χ2v) is 6.56. The lowest BCUT2D eigenvalue weighted by molar-refractivity contribution is -0.122. The van der Waals surface area contributed by atoms with Gasteiger partial charge in [-0.1, -0.05) is 31.6 Å². The Hall–Kier alpha value is -1.79. The van der Waals surface area contributed by atoms with Crippen molar-refractivity contribution < 1.29 is 14.3 Å². The predicted octanol–water partition coefficient (Wildman–Crippen LogP) is 3.34. The van der Waals surface area contributed by atoms with Crippen molar-refractivity contribution in [1.29, 1.82) is 0 Å². The minimum Gasteiger partial charge on any atom is -0.494 e. The Morgan fingerprint density at radius 2 is 2.00 bits per heavy atom. The number of carbonyl (C=O) groups excluding carboxylic acids is 2. The summed E-state index contributed by atoms with van der Waals surface area (Å²) >= 11 is 0.994. The maximum atomic E-state index is 12.1. The van der Waals surface area contributed by atoms with Gasteiger partial charge in [-0.15, -0.1) is 0 Å². The largest absolute Gasteiger partial charge is 0.494 e. The van der Waals surface area contributed by atoms with E-state index in [0.717, 1.165) is 43.4 Å². The van der Waals surface area contributed by atoms with E-state index in [1.807, 2.05) is 30.3 Å². The Bertz CT molecular complexity index is 599. The zero-order valence-electron chi connectivity index (χ0n) is 14.0. The SMILES string of the molecule is CCCCOc1ccc(CC/C=C2/SC(=O)N(CCN)C2=O)cc1. The number of carbonyl (C=O) groups is 2. The molecule has 0 unspecified atom stereocenters. The standard InChI is InChI=1S/C18H24N2O3S/c1-2-3-13-23-15-9-7-14(8-10-15)5-4-6-16-17(21)20(12-11-19)18(22)24-16/h6-10H,2-5,11-13,19H2,1H3/b16-6+. The van der Waals surface area contributed by atoms with E-state index < -0.39 is 0 Å². The molecule has 6 heteroatoms. The highest BCUT2D eigenvalue weighted by molar-refractivity contribution is 8.18. The van der Waals surface area contributed by atoms with Crippen molar-refractivity contribution in [2.75, 3.05) is 19.7 Å². The minimum absolute atomic E-state index is 0.227. The van der Waals surface area contributed by atoms with Crippen LogP contribution in [-0.2, 0) is 11.2 Å². The zero-order valence-corrected chi connectivity index (χ0v) is 14.8. The molecular weight excluding hydrogens is 324 g/mol. The Morgan fingerprint density at radius 3 is 2.67 bits per heavy atom. The maximum absolute atomic E-state index is 12.1. The van der Waals surface area contributed by atoms with Crippen LogP contribution in [0.4, 0.5) is 4.79 Å². The van der Waals surface area contributed by atoms with Crippen LogP contribution in [0.1, 0.15) is 31.7 Å². The van der Waals surface area contributed by atoms with E-state index in [2.05, 4.69) is 6.92 Å². The number of ether oxygens (including phenoxy) is 1. The van der Waals surface area contributed by atoms with Gasteiger partial charge in [-0.25, -0.2) is 0 Å². The van der Waals surface area contributed by atoms with E-state index in [0.29, 0.717) is 11.3 Å². The highest BCUT2D eigenvalue weighted by Gasteiger charge is 2.33. The minimum atomic E-state index is -0.231. The molecule has 5 nitrogen and oxygen atoms in total. The molecule has 0 spiro atoms. The number of nitrogens with zero attached hydrogens (tertiary/aromatic N) is 1. The third kappa shape index (κ3) is 5.11. The smallest absolute Gasteiger partial charge is 0.293 e. The number of benzene rings is 1. The van der Waals surface area contributed by atoms with E-state index in [1.54, 1.807) is 0 Å².